The van der Waals surface area contributed by atoms with Crippen LogP contribution in [0.5, 0.6) is 0 Å². The lowest BCUT2D eigenvalue weighted by Gasteiger charge is -2.02. The van der Waals surface area contributed by atoms with E-state index in [1.54, 1.807) is 19.1 Å². The predicted octanol–water partition coefficient (Wildman–Crippen LogP) is 3.49. The molecule has 0 aliphatic carbocycles. The van der Waals surface area contributed by atoms with Crippen molar-refractivity contribution in [2.75, 3.05) is 6.61 Å². The number of aryl methyl sites for hydroxylation is 1. The second-order valence-electron chi connectivity index (χ2n) is 4.90. The first-order valence-corrected chi connectivity index (χ1v) is 6.90. The first kappa shape index (κ1) is 13.4. The molecule has 0 atom stereocenters. The molecule has 106 valence electrons. The van der Waals surface area contributed by atoms with E-state index in [0.29, 0.717) is 12.2 Å². The monoisotopic (exact) mass is 280 g/mol. The molecule has 4 nitrogen and oxygen atoms in total. The van der Waals surface area contributed by atoms with Gasteiger partial charge in [0.05, 0.1) is 17.9 Å². The zero-order chi connectivity index (χ0) is 14.8. The number of benzene rings is 1. The topological polar surface area (TPSA) is 43.6 Å². The summed E-state index contributed by atoms with van der Waals surface area (Å²) < 4.78 is 6.98. The molecular formula is C17H16N2O2. The Morgan fingerprint density at radius 1 is 1.14 bits per heavy atom. The second kappa shape index (κ2) is 5.40. The SMILES string of the molecule is CCOC(=O)c1ccc(-c2cn3cc(C)ccc3n2)cc1. The first-order valence-electron chi connectivity index (χ1n) is 6.90. The fourth-order valence-corrected chi connectivity index (χ4v) is 2.23. The summed E-state index contributed by atoms with van der Waals surface area (Å²) >= 11 is 0. The summed E-state index contributed by atoms with van der Waals surface area (Å²) in [5, 5.41) is 0. The average Bonchev–Trinajstić information content (AvgIpc) is 2.90. The summed E-state index contributed by atoms with van der Waals surface area (Å²) in [5.74, 6) is -0.297. The number of aromatic nitrogens is 2. The molecule has 0 fully saturated rings. The highest BCUT2D eigenvalue weighted by atomic mass is 16.5. The zero-order valence-electron chi connectivity index (χ0n) is 12.0. The summed E-state index contributed by atoms with van der Waals surface area (Å²) in [4.78, 5) is 16.2. The molecule has 2 aromatic heterocycles. The molecule has 21 heavy (non-hydrogen) atoms. The lowest BCUT2D eigenvalue weighted by molar-refractivity contribution is 0.0526. The molecule has 0 saturated heterocycles. The summed E-state index contributed by atoms with van der Waals surface area (Å²) in [6, 6.07) is 11.3. The van der Waals surface area contributed by atoms with Gasteiger partial charge in [0.15, 0.2) is 0 Å². The standard InChI is InChI=1S/C17H16N2O2/c1-3-21-17(20)14-7-5-13(6-8-14)15-11-19-10-12(2)4-9-16(19)18-15/h4-11H,3H2,1-2H3. The number of carbonyl (C=O) groups is 1. The molecule has 0 amide bonds. The van der Waals surface area contributed by atoms with Gasteiger partial charge in [0.2, 0.25) is 0 Å². The largest absolute Gasteiger partial charge is 0.462 e. The van der Waals surface area contributed by atoms with Crippen LogP contribution >= 0.6 is 0 Å². The van der Waals surface area contributed by atoms with Crippen molar-refractivity contribution in [2.45, 2.75) is 13.8 Å². The number of nitrogens with zero attached hydrogens (tertiary/aromatic N) is 2. The fourth-order valence-electron chi connectivity index (χ4n) is 2.23. The van der Waals surface area contributed by atoms with Crippen molar-refractivity contribution in [3.8, 4) is 11.3 Å². The summed E-state index contributed by atoms with van der Waals surface area (Å²) in [5.41, 5.74) is 4.51. The highest BCUT2D eigenvalue weighted by Crippen LogP contribution is 2.20. The van der Waals surface area contributed by atoms with Gasteiger partial charge in [-0.25, -0.2) is 9.78 Å². The average molecular weight is 280 g/mol. The van der Waals surface area contributed by atoms with Gasteiger partial charge in [0.1, 0.15) is 5.65 Å². The molecule has 0 spiro atoms. The summed E-state index contributed by atoms with van der Waals surface area (Å²) in [7, 11) is 0. The second-order valence-corrected chi connectivity index (χ2v) is 4.90. The molecule has 0 aliphatic rings. The van der Waals surface area contributed by atoms with E-state index in [0.717, 1.165) is 16.9 Å². The van der Waals surface area contributed by atoms with Gasteiger partial charge < -0.3 is 9.14 Å². The maximum Gasteiger partial charge on any atom is 0.338 e. The molecule has 4 heteroatoms. The Bertz CT molecular complexity index is 788. The molecule has 3 aromatic rings. The van der Waals surface area contributed by atoms with Gasteiger partial charge in [0, 0.05) is 18.0 Å². The van der Waals surface area contributed by atoms with Gasteiger partial charge in [0.25, 0.3) is 0 Å². The highest BCUT2D eigenvalue weighted by Gasteiger charge is 2.08. The molecule has 0 bridgehead atoms. The van der Waals surface area contributed by atoms with Crippen LogP contribution in [-0.2, 0) is 4.74 Å². The van der Waals surface area contributed by atoms with Gasteiger partial charge in [-0.15, -0.1) is 0 Å². The Morgan fingerprint density at radius 2 is 1.90 bits per heavy atom. The van der Waals surface area contributed by atoms with E-state index < -0.39 is 0 Å². The van der Waals surface area contributed by atoms with Crippen molar-refractivity contribution in [1.29, 1.82) is 0 Å². The van der Waals surface area contributed by atoms with Crippen molar-refractivity contribution >= 4 is 11.6 Å². The van der Waals surface area contributed by atoms with Gasteiger partial charge in [-0.1, -0.05) is 18.2 Å². The summed E-state index contributed by atoms with van der Waals surface area (Å²) in [6.07, 6.45) is 4.03. The maximum atomic E-state index is 11.6. The maximum absolute atomic E-state index is 11.6. The minimum absolute atomic E-state index is 0.297. The number of hydrogen-bond donors (Lipinski definition) is 0. The molecule has 0 aliphatic heterocycles. The predicted molar refractivity (Wildman–Crippen MR) is 81.3 cm³/mol. The van der Waals surface area contributed by atoms with Crippen LogP contribution in [-0.4, -0.2) is 22.0 Å². The van der Waals surface area contributed by atoms with Crippen molar-refractivity contribution in [3.05, 3.63) is 59.9 Å². The number of carbonyl (C=O) groups excluding carboxylic acids is 1. The Kier molecular flexibility index (Phi) is 3.44. The van der Waals surface area contributed by atoms with E-state index in [1.807, 2.05) is 48.0 Å². The molecule has 0 radical (unpaired) electrons. The number of fused-ring (bicyclic) bond motifs is 1. The van der Waals surface area contributed by atoms with E-state index in [4.69, 9.17) is 4.74 Å². The van der Waals surface area contributed by atoms with Crippen molar-refractivity contribution in [3.63, 3.8) is 0 Å². The van der Waals surface area contributed by atoms with Gasteiger partial charge in [-0.2, -0.15) is 0 Å². The molecule has 0 saturated carbocycles. The number of ether oxygens (including phenoxy) is 1. The van der Waals surface area contributed by atoms with Crippen LogP contribution in [0.1, 0.15) is 22.8 Å². The van der Waals surface area contributed by atoms with Crippen LogP contribution in [0.15, 0.2) is 48.8 Å². The fraction of sp³-hybridized carbons (Fsp3) is 0.176. The Hall–Kier alpha value is -2.62. The van der Waals surface area contributed by atoms with E-state index in [-0.39, 0.29) is 5.97 Å². The molecule has 0 N–H and O–H groups in total. The molecule has 2 heterocycles. The molecule has 3 rings (SSSR count). The third kappa shape index (κ3) is 2.65. The number of hydrogen-bond acceptors (Lipinski definition) is 3. The van der Waals surface area contributed by atoms with E-state index in [1.165, 1.54) is 5.56 Å². The Balaban J connectivity index is 1.93. The smallest absolute Gasteiger partial charge is 0.338 e. The lowest BCUT2D eigenvalue weighted by atomic mass is 10.1. The minimum atomic E-state index is -0.297. The van der Waals surface area contributed by atoms with Crippen LogP contribution in [0.2, 0.25) is 0 Å². The van der Waals surface area contributed by atoms with Crippen LogP contribution in [0, 0.1) is 6.92 Å². The van der Waals surface area contributed by atoms with Crippen molar-refractivity contribution in [1.82, 2.24) is 9.38 Å². The van der Waals surface area contributed by atoms with Crippen molar-refractivity contribution in [2.24, 2.45) is 0 Å². The zero-order valence-corrected chi connectivity index (χ0v) is 12.0. The summed E-state index contributed by atoms with van der Waals surface area (Å²) in [6.45, 7) is 4.23. The molecule has 0 unspecified atom stereocenters. The molecule has 1 aromatic carbocycles. The molecular weight excluding hydrogens is 264 g/mol. The van der Waals surface area contributed by atoms with Crippen molar-refractivity contribution < 1.29 is 9.53 Å². The third-order valence-corrected chi connectivity index (χ3v) is 3.29. The van der Waals surface area contributed by atoms with Crippen LogP contribution in [0.4, 0.5) is 0 Å². The first-order chi connectivity index (χ1) is 10.2. The normalized spacial score (nSPS) is 10.8. The van der Waals surface area contributed by atoms with Crippen LogP contribution in [0.3, 0.4) is 0 Å². The van der Waals surface area contributed by atoms with E-state index >= 15 is 0 Å². The number of pyridine rings is 1. The Morgan fingerprint density at radius 3 is 2.62 bits per heavy atom. The quantitative estimate of drug-likeness (QED) is 0.690. The highest BCUT2D eigenvalue weighted by molar-refractivity contribution is 5.90. The third-order valence-electron chi connectivity index (χ3n) is 3.29. The van der Waals surface area contributed by atoms with E-state index in [9.17, 15) is 4.79 Å². The Labute approximate surface area is 123 Å². The van der Waals surface area contributed by atoms with Gasteiger partial charge in [-0.05, 0) is 37.6 Å². The van der Waals surface area contributed by atoms with Gasteiger partial charge >= 0.3 is 5.97 Å². The number of rotatable bonds is 3. The minimum Gasteiger partial charge on any atom is -0.462 e. The lowest BCUT2D eigenvalue weighted by Crippen LogP contribution is -2.03. The van der Waals surface area contributed by atoms with Gasteiger partial charge in [-0.3, -0.25) is 0 Å². The van der Waals surface area contributed by atoms with Crippen LogP contribution in [0.25, 0.3) is 16.9 Å². The van der Waals surface area contributed by atoms with E-state index in [2.05, 4.69) is 4.98 Å². The number of imidazole rings is 1. The van der Waals surface area contributed by atoms with Crippen LogP contribution < -0.4 is 0 Å². The number of esters is 1.